The van der Waals surface area contributed by atoms with E-state index >= 15 is 0 Å². The van der Waals surface area contributed by atoms with E-state index in [-0.39, 0.29) is 0 Å². The molecule has 1 heterocycles. The van der Waals surface area contributed by atoms with Crippen LogP contribution in [0.4, 0.5) is 0 Å². The lowest BCUT2D eigenvalue weighted by Crippen LogP contribution is -2.20. The number of nitrogens with one attached hydrogen (secondary N) is 1. The largest absolute Gasteiger partial charge is 0.382 e. The van der Waals surface area contributed by atoms with E-state index in [2.05, 4.69) is 31.3 Å². The summed E-state index contributed by atoms with van der Waals surface area (Å²) >= 11 is 1.86. The molecule has 0 bridgehead atoms. The van der Waals surface area contributed by atoms with Gasteiger partial charge in [-0.3, -0.25) is 0 Å². The summed E-state index contributed by atoms with van der Waals surface area (Å²) in [7, 11) is 1.69. The number of ether oxygens (including phenoxy) is 2. The van der Waals surface area contributed by atoms with Crippen LogP contribution in [-0.2, 0) is 9.47 Å². The second-order valence-corrected chi connectivity index (χ2v) is 5.40. The Balaban J connectivity index is 2.03. The standard InChI is InChI=1S/C13H23NO2S/c1-11-5-6-13(17-11)12(2)14-7-4-8-16-10-9-15-3/h5-6,12,14H,4,7-10H2,1-3H3. The van der Waals surface area contributed by atoms with Gasteiger partial charge in [0.2, 0.25) is 0 Å². The highest BCUT2D eigenvalue weighted by molar-refractivity contribution is 7.12. The molecule has 1 N–H and O–H groups in total. The molecule has 17 heavy (non-hydrogen) atoms. The summed E-state index contributed by atoms with van der Waals surface area (Å²) in [6.45, 7) is 7.51. The minimum atomic E-state index is 0.438. The van der Waals surface area contributed by atoms with E-state index in [9.17, 15) is 0 Å². The molecule has 0 amide bonds. The van der Waals surface area contributed by atoms with Gasteiger partial charge in [0.1, 0.15) is 0 Å². The van der Waals surface area contributed by atoms with Gasteiger partial charge < -0.3 is 14.8 Å². The monoisotopic (exact) mass is 257 g/mol. The van der Waals surface area contributed by atoms with Crippen LogP contribution in [0, 0.1) is 6.92 Å². The van der Waals surface area contributed by atoms with Crippen LogP contribution in [0.25, 0.3) is 0 Å². The lowest BCUT2D eigenvalue weighted by Gasteiger charge is -2.12. The summed E-state index contributed by atoms with van der Waals surface area (Å²) in [5.74, 6) is 0. The average molecular weight is 257 g/mol. The Bertz CT molecular complexity index is 301. The molecule has 1 rings (SSSR count). The number of thiophene rings is 1. The fourth-order valence-corrected chi connectivity index (χ4v) is 2.43. The average Bonchev–Trinajstić information content (AvgIpc) is 2.74. The molecule has 0 radical (unpaired) electrons. The van der Waals surface area contributed by atoms with Gasteiger partial charge in [-0.05, 0) is 38.9 Å². The summed E-state index contributed by atoms with van der Waals surface area (Å²) in [6.07, 6.45) is 1.04. The highest BCUT2D eigenvalue weighted by atomic mass is 32.1. The van der Waals surface area contributed by atoms with Crippen LogP contribution >= 0.6 is 11.3 Å². The molecule has 0 fully saturated rings. The molecule has 0 aromatic carbocycles. The van der Waals surface area contributed by atoms with Crippen molar-refractivity contribution in [2.24, 2.45) is 0 Å². The van der Waals surface area contributed by atoms with E-state index < -0.39 is 0 Å². The molecular formula is C13H23NO2S. The Kier molecular flexibility index (Phi) is 7.44. The number of methoxy groups -OCH3 is 1. The number of aryl methyl sites for hydroxylation is 1. The SMILES string of the molecule is COCCOCCCNC(C)c1ccc(C)s1. The van der Waals surface area contributed by atoms with E-state index in [1.165, 1.54) is 9.75 Å². The fraction of sp³-hybridized carbons (Fsp3) is 0.692. The molecule has 1 aromatic heterocycles. The van der Waals surface area contributed by atoms with Gasteiger partial charge in [0.15, 0.2) is 0 Å². The highest BCUT2D eigenvalue weighted by Gasteiger charge is 2.05. The van der Waals surface area contributed by atoms with E-state index in [0.29, 0.717) is 19.3 Å². The zero-order valence-corrected chi connectivity index (χ0v) is 11.8. The Hall–Kier alpha value is -0.420. The molecule has 4 heteroatoms. The van der Waals surface area contributed by atoms with E-state index in [1.54, 1.807) is 7.11 Å². The van der Waals surface area contributed by atoms with Crippen molar-refractivity contribution in [2.45, 2.75) is 26.3 Å². The third kappa shape index (κ3) is 6.17. The molecule has 0 spiro atoms. The van der Waals surface area contributed by atoms with Gasteiger partial charge in [-0.1, -0.05) is 0 Å². The molecule has 1 unspecified atom stereocenters. The van der Waals surface area contributed by atoms with Crippen molar-refractivity contribution in [3.63, 3.8) is 0 Å². The van der Waals surface area contributed by atoms with E-state index in [4.69, 9.17) is 9.47 Å². The third-order valence-electron chi connectivity index (χ3n) is 2.54. The van der Waals surface area contributed by atoms with Gasteiger partial charge in [0.25, 0.3) is 0 Å². The topological polar surface area (TPSA) is 30.5 Å². The van der Waals surface area contributed by atoms with Crippen molar-refractivity contribution in [2.75, 3.05) is 33.5 Å². The van der Waals surface area contributed by atoms with Crippen molar-refractivity contribution < 1.29 is 9.47 Å². The van der Waals surface area contributed by atoms with Crippen molar-refractivity contribution in [3.05, 3.63) is 21.9 Å². The Morgan fingerprint density at radius 2 is 2.12 bits per heavy atom. The molecule has 1 aromatic rings. The summed E-state index contributed by atoms with van der Waals surface area (Å²) in [5.41, 5.74) is 0. The molecule has 0 aliphatic heterocycles. The Labute approximate surface area is 108 Å². The molecule has 98 valence electrons. The van der Waals surface area contributed by atoms with Gasteiger partial charge >= 0.3 is 0 Å². The minimum absolute atomic E-state index is 0.438. The Morgan fingerprint density at radius 1 is 1.29 bits per heavy atom. The molecule has 0 aliphatic carbocycles. The third-order valence-corrected chi connectivity index (χ3v) is 3.72. The zero-order valence-electron chi connectivity index (χ0n) is 11.0. The highest BCUT2D eigenvalue weighted by Crippen LogP contribution is 2.21. The maximum atomic E-state index is 5.40. The first kappa shape index (κ1) is 14.6. The van der Waals surface area contributed by atoms with Crippen LogP contribution in [-0.4, -0.2) is 33.5 Å². The second-order valence-electron chi connectivity index (χ2n) is 4.08. The fourth-order valence-electron chi connectivity index (χ4n) is 1.52. The van der Waals surface area contributed by atoms with Gasteiger partial charge in [0.05, 0.1) is 13.2 Å². The van der Waals surface area contributed by atoms with Crippen LogP contribution in [0.1, 0.15) is 29.1 Å². The summed E-state index contributed by atoms with van der Waals surface area (Å²) < 4.78 is 10.3. The van der Waals surface area contributed by atoms with Crippen LogP contribution < -0.4 is 5.32 Å². The summed E-state index contributed by atoms with van der Waals surface area (Å²) in [5, 5.41) is 3.50. The first-order valence-corrected chi connectivity index (χ1v) is 6.92. The van der Waals surface area contributed by atoms with Crippen LogP contribution in [0.2, 0.25) is 0 Å². The number of hydrogen-bond donors (Lipinski definition) is 1. The van der Waals surface area contributed by atoms with Gasteiger partial charge in [-0.15, -0.1) is 11.3 Å². The van der Waals surface area contributed by atoms with Crippen molar-refractivity contribution in [1.82, 2.24) is 5.32 Å². The summed E-state index contributed by atoms with van der Waals surface area (Å²) in [4.78, 5) is 2.78. The molecule has 0 saturated carbocycles. The predicted octanol–water partition coefficient (Wildman–Crippen LogP) is 2.76. The normalized spacial score (nSPS) is 12.9. The van der Waals surface area contributed by atoms with Crippen molar-refractivity contribution >= 4 is 11.3 Å². The Morgan fingerprint density at radius 3 is 2.76 bits per heavy atom. The first-order valence-electron chi connectivity index (χ1n) is 6.10. The molecular weight excluding hydrogens is 234 g/mol. The van der Waals surface area contributed by atoms with Gasteiger partial charge in [-0.2, -0.15) is 0 Å². The molecule has 0 saturated heterocycles. The van der Waals surface area contributed by atoms with E-state index in [0.717, 1.165) is 19.6 Å². The van der Waals surface area contributed by atoms with Gasteiger partial charge in [0, 0.05) is 29.5 Å². The minimum Gasteiger partial charge on any atom is -0.382 e. The molecule has 1 atom stereocenters. The van der Waals surface area contributed by atoms with Crippen molar-refractivity contribution in [1.29, 1.82) is 0 Å². The molecule has 0 aliphatic rings. The molecule has 3 nitrogen and oxygen atoms in total. The van der Waals surface area contributed by atoms with Crippen molar-refractivity contribution in [3.8, 4) is 0 Å². The lowest BCUT2D eigenvalue weighted by atomic mass is 10.2. The maximum absolute atomic E-state index is 5.40. The first-order chi connectivity index (χ1) is 8.24. The predicted molar refractivity (Wildman–Crippen MR) is 72.8 cm³/mol. The lowest BCUT2D eigenvalue weighted by molar-refractivity contribution is 0.0693. The van der Waals surface area contributed by atoms with Crippen LogP contribution in [0.5, 0.6) is 0 Å². The van der Waals surface area contributed by atoms with E-state index in [1.807, 2.05) is 11.3 Å². The van der Waals surface area contributed by atoms with Crippen LogP contribution in [0.3, 0.4) is 0 Å². The van der Waals surface area contributed by atoms with Crippen LogP contribution in [0.15, 0.2) is 12.1 Å². The quantitative estimate of drug-likeness (QED) is 0.690. The maximum Gasteiger partial charge on any atom is 0.0700 e. The smallest absolute Gasteiger partial charge is 0.0700 e. The summed E-state index contributed by atoms with van der Waals surface area (Å²) in [6, 6.07) is 4.81. The second kappa shape index (κ2) is 8.64. The zero-order chi connectivity index (χ0) is 12.5. The van der Waals surface area contributed by atoms with Gasteiger partial charge in [-0.25, -0.2) is 0 Å². The number of rotatable bonds is 9. The number of hydrogen-bond acceptors (Lipinski definition) is 4.